The van der Waals surface area contributed by atoms with Gasteiger partial charge in [-0.15, -0.1) is 0 Å². The highest BCUT2D eigenvalue weighted by Crippen LogP contribution is 2.44. The van der Waals surface area contributed by atoms with Crippen molar-refractivity contribution in [2.45, 2.75) is 24.7 Å². The van der Waals surface area contributed by atoms with E-state index in [1.165, 1.54) is 12.1 Å². The lowest BCUT2D eigenvalue weighted by Crippen LogP contribution is -2.46. The van der Waals surface area contributed by atoms with Crippen molar-refractivity contribution >= 4 is 22.6 Å². The Balaban J connectivity index is 1.63. The van der Waals surface area contributed by atoms with E-state index in [9.17, 15) is 14.0 Å². The SMILES string of the molecule is O=C(Nc1ccc2[nH]c(=O)[nH]c2c1)C1(c2ccc(F)cc2)CCC1. The molecular formula is C18H16FN3O2. The van der Waals surface area contributed by atoms with E-state index in [0.717, 1.165) is 24.8 Å². The normalized spacial score (nSPS) is 15.9. The van der Waals surface area contributed by atoms with Gasteiger partial charge in [0, 0.05) is 5.69 Å². The summed E-state index contributed by atoms with van der Waals surface area (Å²) in [5.41, 5.74) is 1.90. The first kappa shape index (κ1) is 14.7. The second-order valence-electron chi connectivity index (χ2n) is 6.24. The number of imidazole rings is 1. The fourth-order valence-electron chi connectivity index (χ4n) is 3.31. The van der Waals surface area contributed by atoms with Gasteiger partial charge in [0.2, 0.25) is 5.91 Å². The molecular weight excluding hydrogens is 309 g/mol. The summed E-state index contributed by atoms with van der Waals surface area (Å²) in [6.07, 6.45) is 2.45. The Morgan fingerprint density at radius 3 is 2.42 bits per heavy atom. The molecule has 1 saturated carbocycles. The lowest BCUT2D eigenvalue weighted by molar-refractivity contribution is -0.124. The number of rotatable bonds is 3. The van der Waals surface area contributed by atoms with Gasteiger partial charge in [-0.1, -0.05) is 18.6 Å². The standard InChI is InChI=1S/C18H16FN3O2/c19-12-4-2-11(3-5-12)18(8-1-9-18)16(23)20-13-6-7-14-15(10-13)22-17(24)21-14/h2-7,10H,1,8-9H2,(H,20,23)(H2,21,22,24). The topological polar surface area (TPSA) is 77.8 Å². The molecule has 0 aliphatic heterocycles. The molecule has 3 N–H and O–H groups in total. The Morgan fingerprint density at radius 2 is 1.75 bits per heavy atom. The molecule has 122 valence electrons. The molecule has 1 aliphatic rings. The van der Waals surface area contributed by atoms with Gasteiger partial charge in [-0.05, 0) is 48.7 Å². The van der Waals surface area contributed by atoms with Crippen molar-refractivity contribution in [3.05, 3.63) is 64.3 Å². The Kier molecular flexibility index (Phi) is 3.26. The minimum absolute atomic E-state index is 0.0995. The van der Waals surface area contributed by atoms with Crippen molar-refractivity contribution in [3.8, 4) is 0 Å². The van der Waals surface area contributed by atoms with Crippen LogP contribution in [0.2, 0.25) is 0 Å². The monoisotopic (exact) mass is 325 g/mol. The molecule has 1 amide bonds. The lowest BCUT2D eigenvalue weighted by atomic mass is 9.64. The number of aromatic amines is 2. The average molecular weight is 325 g/mol. The molecule has 0 spiro atoms. The third-order valence-corrected chi connectivity index (χ3v) is 4.81. The van der Waals surface area contributed by atoms with Crippen LogP contribution in [0, 0.1) is 5.82 Å². The van der Waals surface area contributed by atoms with E-state index in [2.05, 4.69) is 15.3 Å². The molecule has 4 rings (SSSR count). The van der Waals surface area contributed by atoms with Gasteiger partial charge < -0.3 is 15.3 Å². The Morgan fingerprint density at radius 1 is 1.04 bits per heavy atom. The van der Waals surface area contributed by atoms with Gasteiger partial charge in [-0.2, -0.15) is 0 Å². The average Bonchev–Trinajstić information content (AvgIpc) is 2.87. The molecule has 1 aliphatic carbocycles. The fraction of sp³-hybridized carbons (Fsp3) is 0.222. The van der Waals surface area contributed by atoms with Crippen molar-refractivity contribution in [3.63, 3.8) is 0 Å². The van der Waals surface area contributed by atoms with Gasteiger partial charge in [0.15, 0.2) is 0 Å². The maximum atomic E-state index is 13.2. The van der Waals surface area contributed by atoms with Gasteiger partial charge in [0.05, 0.1) is 16.4 Å². The lowest BCUT2D eigenvalue weighted by Gasteiger charge is -2.40. The number of nitrogens with one attached hydrogen (secondary N) is 3. The van der Waals surface area contributed by atoms with E-state index in [0.29, 0.717) is 16.7 Å². The van der Waals surface area contributed by atoms with Crippen LogP contribution in [0.1, 0.15) is 24.8 Å². The Hall–Kier alpha value is -2.89. The van der Waals surface area contributed by atoms with Crippen molar-refractivity contribution < 1.29 is 9.18 Å². The zero-order valence-corrected chi connectivity index (χ0v) is 12.9. The quantitative estimate of drug-likeness (QED) is 0.692. The molecule has 0 bridgehead atoms. The van der Waals surface area contributed by atoms with Gasteiger partial charge in [-0.25, -0.2) is 9.18 Å². The van der Waals surface area contributed by atoms with Crippen LogP contribution in [0.5, 0.6) is 0 Å². The van der Waals surface area contributed by atoms with E-state index in [1.54, 1.807) is 30.3 Å². The summed E-state index contributed by atoms with van der Waals surface area (Å²) in [6, 6.07) is 11.4. The van der Waals surface area contributed by atoms with Crippen LogP contribution in [-0.4, -0.2) is 15.9 Å². The number of halogens is 1. The first-order valence-electron chi connectivity index (χ1n) is 7.86. The number of carbonyl (C=O) groups excluding carboxylic acids is 1. The summed E-state index contributed by atoms with van der Waals surface area (Å²) < 4.78 is 13.2. The molecule has 1 aromatic heterocycles. The minimum Gasteiger partial charge on any atom is -0.325 e. The summed E-state index contributed by atoms with van der Waals surface area (Å²) in [5.74, 6) is -0.409. The zero-order valence-electron chi connectivity index (χ0n) is 12.9. The van der Waals surface area contributed by atoms with E-state index in [-0.39, 0.29) is 17.4 Å². The van der Waals surface area contributed by atoms with Crippen LogP contribution >= 0.6 is 0 Å². The molecule has 1 fully saturated rings. The second kappa shape index (κ2) is 5.33. The summed E-state index contributed by atoms with van der Waals surface area (Å²) in [5, 5.41) is 2.93. The number of aromatic nitrogens is 2. The van der Waals surface area contributed by atoms with Gasteiger partial charge in [0.25, 0.3) is 0 Å². The van der Waals surface area contributed by atoms with Gasteiger partial charge >= 0.3 is 5.69 Å². The number of hydrogen-bond acceptors (Lipinski definition) is 2. The molecule has 5 nitrogen and oxygen atoms in total. The molecule has 3 aromatic rings. The molecule has 0 atom stereocenters. The van der Waals surface area contributed by atoms with Gasteiger partial charge in [-0.3, -0.25) is 4.79 Å². The third kappa shape index (κ3) is 2.31. The van der Waals surface area contributed by atoms with Crippen LogP contribution < -0.4 is 11.0 Å². The number of amides is 1. The molecule has 2 aromatic carbocycles. The number of hydrogen-bond donors (Lipinski definition) is 3. The molecule has 0 unspecified atom stereocenters. The van der Waals surface area contributed by atoms with Crippen molar-refractivity contribution in [2.75, 3.05) is 5.32 Å². The zero-order chi connectivity index (χ0) is 16.7. The predicted octanol–water partition coefficient (Wildman–Crippen LogP) is 3.06. The van der Waals surface area contributed by atoms with Crippen molar-refractivity contribution in [1.29, 1.82) is 0 Å². The molecule has 24 heavy (non-hydrogen) atoms. The molecule has 0 radical (unpaired) electrons. The number of anilines is 1. The molecule has 6 heteroatoms. The van der Waals surface area contributed by atoms with E-state index in [1.807, 2.05) is 0 Å². The van der Waals surface area contributed by atoms with Crippen LogP contribution in [0.25, 0.3) is 11.0 Å². The summed E-state index contributed by atoms with van der Waals surface area (Å²) in [6.45, 7) is 0. The predicted molar refractivity (Wildman–Crippen MR) is 89.5 cm³/mol. The number of fused-ring (bicyclic) bond motifs is 1. The van der Waals surface area contributed by atoms with E-state index < -0.39 is 5.41 Å². The second-order valence-corrected chi connectivity index (χ2v) is 6.24. The summed E-state index contributed by atoms with van der Waals surface area (Å²) >= 11 is 0. The highest BCUT2D eigenvalue weighted by atomic mass is 19.1. The molecule has 0 saturated heterocycles. The van der Waals surface area contributed by atoms with E-state index in [4.69, 9.17) is 0 Å². The Bertz CT molecular complexity index is 968. The highest BCUT2D eigenvalue weighted by molar-refractivity contribution is 6.00. The highest BCUT2D eigenvalue weighted by Gasteiger charge is 2.45. The maximum Gasteiger partial charge on any atom is 0.323 e. The fourth-order valence-corrected chi connectivity index (χ4v) is 3.31. The largest absolute Gasteiger partial charge is 0.325 e. The summed E-state index contributed by atoms with van der Waals surface area (Å²) in [4.78, 5) is 29.5. The third-order valence-electron chi connectivity index (χ3n) is 4.81. The van der Waals surface area contributed by atoms with Crippen molar-refractivity contribution in [1.82, 2.24) is 9.97 Å². The maximum absolute atomic E-state index is 13.2. The van der Waals surface area contributed by atoms with Crippen LogP contribution in [0.3, 0.4) is 0 Å². The smallest absolute Gasteiger partial charge is 0.323 e. The van der Waals surface area contributed by atoms with Gasteiger partial charge in [0.1, 0.15) is 5.82 Å². The number of carbonyl (C=O) groups is 1. The number of benzene rings is 2. The van der Waals surface area contributed by atoms with Crippen molar-refractivity contribution in [2.24, 2.45) is 0 Å². The Labute approximate surface area is 136 Å². The first-order valence-corrected chi connectivity index (χ1v) is 7.86. The van der Waals surface area contributed by atoms with Crippen LogP contribution in [0.15, 0.2) is 47.3 Å². The summed E-state index contributed by atoms with van der Waals surface area (Å²) in [7, 11) is 0. The minimum atomic E-state index is -0.603. The van der Waals surface area contributed by atoms with E-state index >= 15 is 0 Å². The first-order chi connectivity index (χ1) is 11.6. The van der Waals surface area contributed by atoms with Crippen LogP contribution in [-0.2, 0) is 10.2 Å². The van der Waals surface area contributed by atoms with Crippen LogP contribution in [0.4, 0.5) is 10.1 Å². The molecule has 1 heterocycles. The number of H-pyrrole nitrogens is 2.